The molecule has 8 heavy (non-hydrogen) atoms. The Morgan fingerprint density at radius 3 is 2.62 bits per heavy atom. The van der Waals surface area contributed by atoms with E-state index < -0.39 is 0 Å². The molecule has 3 heteroatoms. The maximum Gasteiger partial charge on any atom is 0.125 e. The van der Waals surface area contributed by atoms with E-state index in [1.807, 2.05) is 0 Å². The van der Waals surface area contributed by atoms with E-state index in [2.05, 4.69) is 0 Å². The van der Waals surface area contributed by atoms with Gasteiger partial charge in [0.1, 0.15) is 12.3 Å². The van der Waals surface area contributed by atoms with Crippen molar-refractivity contribution in [3.05, 3.63) is 12.2 Å². The van der Waals surface area contributed by atoms with E-state index in [0.29, 0.717) is 0 Å². The van der Waals surface area contributed by atoms with E-state index in [4.69, 9.17) is 15.6 Å². The summed E-state index contributed by atoms with van der Waals surface area (Å²) in [6, 6.07) is 0. The van der Waals surface area contributed by atoms with Gasteiger partial charge in [-0.1, -0.05) is 6.08 Å². The van der Waals surface area contributed by atoms with E-state index in [9.17, 15) is 0 Å². The van der Waals surface area contributed by atoms with Crippen LogP contribution in [0.25, 0.3) is 0 Å². The number of ether oxygens (including phenoxy) is 1. The maximum absolute atomic E-state index is 8.45. The molecule has 0 radical (unpaired) electrons. The predicted octanol–water partition coefficient (Wildman–Crippen LogP) is -0.782. The van der Waals surface area contributed by atoms with Gasteiger partial charge in [-0.2, -0.15) is 0 Å². The van der Waals surface area contributed by atoms with Crippen LogP contribution in [0.15, 0.2) is 12.2 Å². The topological polar surface area (TPSA) is 55.5 Å². The zero-order valence-electron chi connectivity index (χ0n) is 4.45. The highest BCUT2D eigenvalue weighted by Crippen LogP contribution is 2.04. The molecule has 1 rings (SSSR count). The summed E-state index contributed by atoms with van der Waals surface area (Å²) in [5.41, 5.74) is 5.28. The molecule has 0 saturated heterocycles. The summed E-state index contributed by atoms with van der Waals surface area (Å²) < 4.78 is 4.93. The lowest BCUT2D eigenvalue weighted by molar-refractivity contribution is 0.0288. The van der Waals surface area contributed by atoms with Crippen molar-refractivity contribution in [3.63, 3.8) is 0 Å². The number of hydrogen-bond acceptors (Lipinski definition) is 3. The molecule has 0 bridgehead atoms. The fourth-order valence-electron chi connectivity index (χ4n) is 0.630. The van der Waals surface area contributed by atoms with Crippen LogP contribution in [0.2, 0.25) is 0 Å². The van der Waals surface area contributed by atoms with Gasteiger partial charge in [-0.15, -0.1) is 0 Å². The Kier molecular flexibility index (Phi) is 1.62. The highest BCUT2D eigenvalue weighted by atomic mass is 16.5. The number of hydrogen-bond donors (Lipinski definition) is 2. The molecule has 0 fully saturated rings. The third kappa shape index (κ3) is 1.06. The van der Waals surface area contributed by atoms with Crippen LogP contribution in [-0.2, 0) is 4.74 Å². The summed E-state index contributed by atoms with van der Waals surface area (Å²) in [6.45, 7) is 0.0181. The van der Waals surface area contributed by atoms with Crippen molar-refractivity contribution in [2.75, 3.05) is 6.61 Å². The van der Waals surface area contributed by atoms with Gasteiger partial charge in [0, 0.05) is 0 Å². The molecular weight excluding hydrogens is 106 g/mol. The van der Waals surface area contributed by atoms with Crippen molar-refractivity contribution in [1.82, 2.24) is 0 Å². The number of aliphatic hydroxyl groups excluding tert-OH is 1. The first-order valence-corrected chi connectivity index (χ1v) is 2.53. The molecular formula is C5H9NO2. The summed E-state index contributed by atoms with van der Waals surface area (Å²) in [5.74, 6) is 0. The Hall–Kier alpha value is -0.380. The van der Waals surface area contributed by atoms with Crippen molar-refractivity contribution in [1.29, 1.82) is 0 Å². The number of rotatable bonds is 1. The van der Waals surface area contributed by atoms with Gasteiger partial charge in [-0.25, -0.2) is 0 Å². The SMILES string of the molecule is N[C@H]1C=C[C@@H](CO)O1. The van der Waals surface area contributed by atoms with Crippen molar-refractivity contribution in [3.8, 4) is 0 Å². The van der Waals surface area contributed by atoms with Crippen LogP contribution in [0, 0.1) is 0 Å². The van der Waals surface area contributed by atoms with Crippen molar-refractivity contribution < 1.29 is 9.84 Å². The van der Waals surface area contributed by atoms with Gasteiger partial charge >= 0.3 is 0 Å². The molecule has 0 aromatic carbocycles. The van der Waals surface area contributed by atoms with Crippen LogP contribution in [0.5, 0.6) is 0 Å². The van der Waals surface area contributed by atoms with E-state index in [1.54, 1.807) is 12.2 Å². The van der Waals surface area contributed by atoms with Crippen LogP contribution in [0.1, 0.15) is 0 Å². The summed E-state index contributed by atoms with van der Waals surface area (Å²) in [5, 5.41) is 8.45. The van der Waals surface area contributed by atoms with Crippen LogP contribution >= 0.6 is 0 Å². The lowest BCUT2D eigenvalue weighted by Crippen LogP contribution is -2.22. The average Bonchev–Trinajstić information content (AvgIpc) is 2.14. The summed E-state index contributed by atoms with van der Waals surface area (Å²) in [6.07, 6.45) is 2.99. The van der Waals surface area contributed by atoms with E-state index in [-0.39, 0.29) is 18.9 Å². The summed E-state index contributed by atoms with van der Waals surface area (Å²) >= 11 is 0. The molecule has 0 aromatic rings. The molecule has 0 spiro atoms. The maximum atomic E-state index is 8.45. The number of aliphatic hydroxyl groups is 1. The molecule has 0 amide bonds. The molecule has 0 aliphatic carbocycles. The Morgan fingerprint density at radius 1 is 1.62 bits per heavy atom. The quantitative estimate of drug-likeness (QED) is 0.441. The fraction of sp³-hybridized carbons (Fsp3) is 0.600. The molecule has 1 aliphatic rings. The van der Waals surface area contributed by atoms with Gasteiger partial charge in [0.15, 0.2) is 0 Å². The smallest absolute Gasteiger partial charge is 0.125 e. The molecule has 0 aromatic heterocycles. The lowest BCUT2D eigenvalue weighted by Gasteiger charge is -2.05. The Labute approximate surface area is 47.8 Å². The fourth-order valence-corrected chi connectivity index (χ4v) is 0.630. The highest BCUT2D eigenvalue weighted by Gasteiger charge is 2.13. The zero-order valence-corrected chi connectivity index (χ0v) is 4.45. The molecule has 1 aliphatic heterocycles. The molecule has 1 heterocycles. The van der Waals surface area contributed by atoms with Crippen LogP contribution < -0.4 is 5.73 Å². The van der Waals surface area contributed by atoms with E-state index >= 15 is 0 Å². The van der Waals surface area contributed by atoms with E-state index in [1.165, 1.54) is 0 Å². The standard InChI is InChI=1S/C5H9NO2/c6-5-2-1-4(3-7)8-5/h1-2,4-5,7H,3,6H2/t4-,5+/m0/s1. The second kappa shape index (κ2) is 2.26. The summed E-state index contributed by atoms with van der Waals surface area (Å²) in [7, 11) is 0. The minimum atomic E-state index is -0.313. The van der Waals surface area contributed by atoms with E-state index in [0.717, 1.165) is 0 Å². The first-order valence-electron chi connectivity index (χ1n) is 2.53. The van der Waals surface area contributed by atoms with Crippen molar-refractivity contribution in [2.45, 2.75) is 12.3 Å². The molecule has 3 N–H and O–H groups in total. The largest absolute Gasteiger partial charge is 0.393 e. The van der Waals surface area contributed by atoms with Crippen LogP contribution in [0.4, 0.5) is 0 Å². The summed E-state index contributed by atoms with van der Waals surface area (Å²) in [4.78, 5) is 0. The molecule has 0 saturated carbocycles. The molecule has 0 unspecified atom stereocenters. The normalized spacial score (nSPS) is 36.2. The van der Waals surface area contributed by atoms with Crippen LogP contribution in [-0.4, -0.2) is 24.0 Å². The minimum Gasteiger partial charge on any atom is -0.393 e. The molecule has 2 atom stereocenters. The van der Waals surface area contributed by atoms with Gasteiger partial charge in [0.05, 0.1) is 6.61 Å². The first-order chi connectivity index (χ1) is 3.83. The predicted molar refractivity (Wildman–Crippen MR) is 29.1 cm³/mol. The van der Waals surface area contributed by atoms with Gasteiger partial charge in [-0.05, 0) is 6.08 Å². The average molecular weight is 115 g/mol. The van der Waals surface area contributed by atoms with Crippen molar-refractivity contribution in [2.24, 2.45) is 5.73 Å². The highest BCUT2D eigenvalue weighted by molar-refractivity contribution is 4.99. The Balaban J connectivity index is 2.34. The van der Waals surface area contributed by atoms with Gasteiger partial charge < -0.3 is 15.6 Å². The number of nitrogens with two attached hydrogens (primary N) is 1. The zero-order chi connectivity index (χ0) is 5.98. The molecule has 3 nitrogen and oxygen atoms in total. The monoisotopic (exact) mass is 115 g/mol. The van der Waals surface area contributed by atoms with Crippen LogP contribution in [0.3, 0.4) is 0 Å². The van der Waals surface area contributed by atoms with Crippen molar-refractivity contribution >= 4 is 0 Å². The Morgan fingerprint density at radius 2 is 2.38 bits per heavy atom. The Bertz CT molecular complexity index is 103. The van der Waals surface area contributed by atoms with Gasteiger partial charge in [-0.3, -0.25) is 0 Å². The third-order valence-corrected chi connectivity index (χ3v) is 1.03. The third-order valence-electron chi connectivity index (χ3n) is 1.03. The van der Waals surface area contributed by atoms with Gasteiger partial charge in [0.2, 0.25) is 0 Å². The first kappa shape index (κ1) is 5.75. The van der Waals surface area contributed by atoms with Gasteiger partial charge in [0.25, 0.3) is 0 Å². The molecule has 46 valence electrons. The second-order valence-corrected chi connectivity index (χ2v) is 1.71. The second-order valence-electron chi connectivity index (χ2n) is 1.71. The minimum absolute atomic E-state index is 0.0181. The lowest BCUT2D eigenvalue weighted by atomic mass is 10.4.